The van der Waals surface area contributed by atoms with Crippen LogP contribution in [0.15, 0.2) is 30.5 Å². The first-order chi connectivity index (χ1) is 12.1. The van der Waals surface area contributed by atoms with Gasteiger partial charge >= 0.3 is 5.97 Å². The van der Waals surface area contributed by atoms with Crippen LogP contribution in [0.3, 0.4) is 0 Å². The van der Waals surface area contributed by atoms with Crippen LogP contribution in [0.5, 0.6) is 5.88 Å². The summed E-state index contributed by atoms with van der Waals surface area (Å²) in [5.41, 5.74) is 7.24. The van der Waals surface area contributed by atoms with E-state index in [1.165, 1.54) is 0 Å². The number of nitrogens with one attached hydrogen (secondary N) is 1. The number of ether oxygens (including phenoxy) is 2. The average molecular weight is 340 g/mol. The van der Waals surface area contributed by atoms with Crippen molar-refractivity contribution in [3.05, 3.63) is 36.0 Å². The van der Waals surface area contributed by atoms with E-state index < -0.39 is 5.97 Å². The predicted octanol–water partition coefficient (Wildman–Crippen LogP) is 2.07. The highest BCUT2D eigenvalue weighted by atomic mass is 16.5. The lowest BCUT2D eigenvalue weighted by Crippen LogP contribution is -2.20. The summed E-state index contributed by atoms with van der Waals surface area (Å²) >= 11 is 0. The van der Waals surface area contributed by atoms with Crippen LogP contribution < -0.4 is 10.5 Å². The van der Waals surface area contributed by atoms with Crippen LogP contribution in [0, 0.1) is 0 Å². The van der Waals surface area contributed by atoms with Crippen molar-refractivity contribution >= 4 is 22.7 Å². The number of hydrogen-bond acceptors (Lipinski definition) is 6. The first-order valence-electron chi connectivity index (χ1n) is 7.85. The first-order valence-corrected chi connectivity index (χ1v) is 7.85. The summed E-state index contributed by atoms with van der Waals surface area (Å²) in [7, 11) is 0. The number of aromatic carboxylic acids is 1. The molecule has 0 amide bonds. The lowest BCUT2D eigenvalue weighted by molar-refractivity contribution is 0.0686. The zero-order chi connectivity index (χ0) is 17.4. The number of aromatic nitrogens is 3. The van der Waals surface area contributed by atoms with E-state index in [2.05, 4.69) is 15.0 Å². The summed E-state index contributed by atoms with van der Waals surface area (Å²) in [4.78, 5) is 23.2. The van der Waals surface area contributed by atoms with Gasteiger partial charge in [-0.2, -0.15) is 4.98 Å². The molecule has 4 rings (SSSR count). The Morgan fingerprint density at radius 1 is 1.36 bits per heavy atom. The SMILES string of the molecule is Nc1nc(-c2cccc3cc[nH]c23)nc(O[C@H]2CCOC2)c1C(=O)O. The third-order valence-electron chi connectivity index (χ3n) is 4.11. The molecule has 1 aromatic carbocycles. The lowest BCUT2D eigenvalue weighted by Gasteiger charge is -2.15. The van der Waals surface area contributed by atoms with E-state index in [0.717, 1.165) is 16.5 Å². The fraction of sp³-hybridized carbons (Fsp3) is 0.235. The molecule has 0 saturated carbocycles. The maximum Gasteiger partial charge on any atom is 0.345 e. The summed E-state index contributed by atoms with van der Waals surface area (Å²) in [6.07, 6.45) is 2.24. The first kappa shape index (κ1) is 15.4. The van der Waals surface area contributed by atoms with Gasteiger partial charge in [0.25, 0.3) is 0 Å². The number of fused-ring (bicyclic) bond motifs is 1. The minimum absolute atomic E-state index is 0.0333. The maximum absolute atomic E-state index is 11.6. The molecular weight excluding hydrogens is 324 g/mol. The molecule has 2 aromatic heterocycles. The molecule has 4 N–H and O–H groups in total. The average Bonchev–Trinajstić information content (AvgIpc) is 3.24. The zero-order valence-corrected chi connectivity index (χ0v) is 13.2. The second-order valence-electron chi connectivity index (χ2n) is 5.77. The molecule has 8 nitrogen and oxygen atoms in total. The van der Waals surface area contributed by atoms with Crippen molar-refractivity contribution in [2.24, 2.45) is 0 Å². The van der Waals surface area contributed by atoms with Crippen LogP contribution >= 0.6 is 0 Å². The molecule has 1 aliphatic heterocycles. The Bertz CT molecular complexity index is 947. The number of nitrogens with zero attached hydrogens (tertiary/aromatic N) is 2. The molecule has 8 heteroatoms. The van der Waals surface area contributed by atoms with Gasteiger partial charge in [-0.15, -0.1) is 0 Å². The van der Waals surface area contributed by atoms with E-state index in [4.69, 9.17) is 15.2 Å². The van der Waals surface area contributed by atoms with Gasteiger partial charge < -0.3 is 25.3 Å². The van der Waals surface area contributed by atoms with E-state index in [-0.39, 0.29) is 23.4 Å². The number of carboxylic acid groups (broad SMARTS) is 1. The number of rotatable bonds is 4. The number of hydrogen-bond donors (Lipinski definition) is 3. The van der Waals surface area contributed by atoms with Gasteiger partial charge in [-0.3, -0.25) is 0 Å². The van der Waals surface area contributed by atoms with Gasteiger partial charge in [0.05, 0.1) is 18.7 Å². The zero-order valence-electron chi connectivity index (χ0n) is 13.2. The molecular formula is C17H16N4O4. The summed E-state index contributed by atoms with van der Waals surface area (Å²) in [6, 6.07) is 7.61. The fourth-order valence-electron chi connectivity index (χ4n) is 2.90. The van der Waals surface area contributed by atoms with Crippen LogP contribution in [0.1, 0.15) is 16.8 Å². The third-order valence-corrected chi connectivity index (χ3v) is 4.11. The number of carboxylic acids is 1. The molecule has 1 fully saturated rings. The Morgan fingerprint density at radius 2 is 2.24 bits per heavy atom. The topological polar surface area (TPSA) is 123 Å². The minimum Gasteiger partial charge on any atom is -0.477 e. The van der Waals surface area contributed by atoms with Crippen molar-refractivity contribution in [2.45, 2.75) is 12.5 Å². The van der Waals surface area contributed by atoms with Crippen molar-refractivity contribution < 1.29 is 19.4 Å². The van der Waals surface area contributed by atoms with E-state index in [0.29, 0.717) is 25.5 Å². The standard InChI is InChI=1S/C17H16N4O4/c18-14-12(17(22)23)16(25-10-5-7-24-8-10)21-15(20-14)11-3-1-2-9-4-6-19-13(9)11/h1-4,6,10,19H,5,7-8H2,(H,22,23)(H2,18,20,21)/t10-/m0/s1. The van der Waals surface area contributed by atoms with Crippen LogP contribution in [0.25, 0.3) is 22.3 Å². The number of anilines is 1. The molecule has 0 aliphatic carbocycles. The van der Waals surface area contributed by atoms with Crippen molar-refractivity contribution in [3.63, 3.8) is 0 Å². The van der Waals surface area contributed by atoms with E-state index in [1.54, 1.807) is 0 Å². The number of benzene rings is 1. The molecule has 0 unspecified atom stereocenters. The monoisotopic (exact) mass is 340 g/mol. The molecule has 0 spiro atoms. The quantitative estimate of drug-likeness (QED) is 0.664. The second kappa shape index (κ2) is 6.06. The molecule has 128 valence electrons. The van der Waals surface area contributed by atoms with Gasteiger partial charge in [0.1, 0.15) is 11.9 Å². The Labute approximate surface area is 142 Å². The predicted molar refractivity (Wildman–Crippen MR) is 90.5 cm³/mol. The highest BCUT2D eigenvalue weighted by molar-refractivity contribution is 5.97. The Hall–Kier alpha value is -3.13. The molecule has 1 saturated heterocycles. The molecule has 0 radical (unpaired) electrons. The highest BCUT2D eigenvalue weighted by Crippen LogP contribution is 2.30. The van der Waals surface area contributed by atoms with Gasteiger partial charge in [-0.25, -0.2) is 9.78 Å². The number of nitrogen functional groups attached to an aromatic ring is 1. The van der Waals surface area contributed by atoms with Gasteiger partial charge in [-0.05, 0) is 12.1 Å². The summed E-state index contributed by atoms with van der Waals surface area (Å²) in [5.74, 6) is -1.08. The largest absolute Gasteiger partial charge is 0.477 e. The number of para-hydroxylation sites is 1. The molecule has 1 atom stereocenters. The van der Waals surface area contributed by atoms with E-state index in [9.17, 15) is 9.90 Å². The molecule has 25 heavy (non-hydrogen) atoms. The maximum atomic E-state index is 11.6. The highest BCUT2D eigenvalue weighted by Gasteiger charge is 2.26. The van der Waals surface area contributed by atoms with Crippen LogP contribution in [-0.4, -0.2) is 45.3 Å². The molecule has 3 heterocycles. The summed E-state index contributed by atoms with van der Waals surface area (Å²) < 4.78 is 11.0. The molecule has 1 aliphatic rings. The van der Waals surface area contributed by atoms with Crippen LogP contribution in [0.2, 0.25) is 0 Å². The van der Waals surface area contributed by atoms with Crippen molar-refractivity contribution in [1.29, 1.82) is 0 Å². The number of aromatic amines is 1. The summed E-state index contributed by atoms with van der Waals surface area (Å²) in [6.45, 7) is 0.965. The number of nitrogens with two attached hydrogens (primary N) is 1. The Morgan fingerprint density at radius 3 is 3.00 bits per heavy atom. The van der Waals surface area contributed by atoms with Gasteiger partial charge in [-0.1, -0.05) is 12.1 Å². The summed E-state index contributed by atoms with van der Waals surface area (Å²) in [5, 5.41) is 10.4. The number of H-pyrrole nitrogens is 1. The second-order valence-corrected chi connectivity index (χ2v) is 5.77. The van der Waals surface area contributed by atoms with E-state index in [1.807, 2.05) is 30.5 Å². The minimum atomic E-state index is -1.23. The van der Waals surface area contributed by atoms with Crippen molar-refractivity contribution in [1.82, 2.24) is 15.0 Å². The van der Waals surface area contributed by atoms with Crippen molar-refractivity contribution in [3.8, 4) is 17.3 Å². The molecule has 0 bridgehead atoms. The Balaban J connectivity index is 1.84. The van der Waals surface area contributed by atoms with Gasteiger partial charge in [0, 0.05) is 23.6 Å². The van der Waals surface area contributed by atoms with E-state index >= 15 is 0 Å². The van der Waals surface area contributed by atoms with Gasteiger partial charge in [0.15, 0.2) is 11.4 Å². The normalized spacial score (nSPS) is 17.0. The van der Waals surface area contributed by atoms with Gasteiger partial charge in [0.2, 0.25) is 5.88 Å². The van der Waals surface area contributed by atoms with Crippen LogP contribution in [-0.2, 0) is 4.74 Å². The van der Waals surface area contributed by atoms with Crippen LogP contribution in [0.4, 0.5) is 5.82 Å². The Kier molecular flexibility index (Phi) is 3.73. The lowest BCUT2D eigenvalue weighted by atomic mass is 10.1. The molecule has 3 aromatic rings. The smallest absolute Gasteiger partial charge is 0.345 e. The fourth-order valence-corrected chi connectivity index (χ4v) is 2.90. The number of carbonyl (C=O) groups is 1. The third kappa shape index (κ3) is 2.76. The van der Waals surface area contributed by atoms with Crippen molar-refractivity contribution in [2.75, 3.05) is 18.9 Å².